The molecule has 1 atom stereocenters. The second kappa shape index (κ2) is 7.92. The van der Waals surface area contributed by atoms with Crippen molar-refractivity contribution in [3.05, 3.63) is 35.9 Å². The molecule has 1 aliphatic carbocycles. The largest absolute Gasteiger partial charge is 0.391 e. The zero-order chi connectivity index (χ0) is 15.1. The molecule has 1 aromatic carbocycles. The van der Waals surface area contributed by atoms with Gasteiger partial charge in [0, 0.05) is 6.54 Å². The molecule has 1 saturated carbocycles. The Morgan fingerprint density at radius 1 is 1.14 bits per heavy atom. The van der Waals surface area contributed by atoms with Crippen molar-refractivity contribution < 1.29 is 13.5 Å². The summed E-state index contributed by atoms with van der Waals surface area (Å²) in [6.07, 6.45) is 5.46. The van der Waals surface area contributed by atoms with Gasteiger partial charge < -0.3 is 5.11 Å². The van der Waals surface area contributed by atoms with Gasteiger partial charge in [-0.1, -0.05) is 49.6 Å². The number of benzene rings is 1. The summed E-state index contributed by atoms with van der Waals surface area (Å²) in [6.45, 7) is 0.141. The van der Waals surface area contributed by atoms with E-state index in [1.807, 2.05) is 30.3 Å². The molecule has 0 bridgehead atoms. The first-order valence-electron chi connectivity index (χ1n) is 7.76. The first-order chi connectivity index (χ1) is 10.1. The Hall–Kier alpha value is -0.910. The summed E-state index contributed by atoms with van der Waals surface area (Å²) >= 11 is 0. The third-order valence-corrected chi connectivity index (χ3v) is 5.56. The van der Waals surface area contributed by atoms with Crippen LogP contribution in [0.2, 0.25) is 0 Å². The zero-order valence-electron chi connectivity index (χ0n) is 12.4. The number of aliphatic hydroxyl groups is 1. The average Bonchev–Trinajstić information content (AvgIpc) is 2.53. The number of nitrogens with one attached hydrogen (secondary N) is 1. The van der Waals surface area contributed by atoms with Gasteiger partial charge in [-0.15, -0.1) is 0 Å². The van der Waals surface area contributed by atoms with Crippen molar-refractivity contribution >= 4 is 10.0 Å². The maximum Gasteiger partial charge on any atom is 0.212 e. The summed E-state index contributed by atoms with van der Waals surface area (Å²) in [4.78, 5) is 0. The SMILES string of the molecule is O=S(=O)(CCc1ccccc1)NCC(O)C1CCCCC1. The summed E-state index contributed by atoms with van der Waals surface area (Å²) in [7, 11) is -3.32. The van der Waals surface area contributed by atoms with Crippen LogP contribution in [0.1, 0.15) is 37.7 Å². The van der Waals surface area contributed by atoms with Gasteiger partial charge >= 0.3 is 0 Å². The van der Waals surface area contributed by atoms with E-state index in [1.54, 1.807) is 0 Å². The summed E-state index contributed by atoms with van der Waals surface area (Å²) in [5.41, 5.74) is 1.01. The minimum absolute atomic E-state index is 0.0639. The Morgan fingerprint density at radius 2 is 1.81 bits per heavy atom. The molecule has 21 heavy (non-hydrogen) atoms. The van der Waals surface area contributed by atoms with Gasteiger partial charge in [0.15, 0.2) is 0 Å². The second-order valence-corrected chi connectivity index (χ2v) is 7.79. The van der Waals surface area contributed by atoms with Crippen LogP contribution in [0.15, 0.2) is 30.3 Å². The molecule has 0 aromatic heterocycles. The van der Waals surface area contributed by atoms with E-state index < -0.39 is 16.1 Å². The van der Waals surface area contributed by atoms with E-state index in [4.69, 9.17) is 0 Å². The van der Waals surface area contributed by atoms with Crippen LogP contribution in [-0.4, -0.2) is 31.9 Å². The number of aliphatic hydroxyl groups excluding tert-OH is 1. The molecule has 0 spiro atoms. The van der Waals surface area contributed by atoms with Crippen molar-refractivity contribution in [1.29, 1.82) is 0 Å². The van der Waals surface area contributed by atoms with Gasteiger partial charge in [0.2, 0.25) is 10.0 Å². The van der Waals surface area contributed by atoms with E-state index in [1.165, 1.54) is 6.42 Å². The molecule has 2 rings (SSSR count). The fourth-order valence-corrected chi connectivity index (χ4v) is 3.94. The third-order valence-electron chi connectivity index (χ3n) is 4.21. The molecule has 0 aliphatic heterocycles. The molecular formula is C16H25NO3S. The van der Waals surface area contributed by atoms with E-state index in [0.717, 1.165) is 31.2 Å². The lowest BCUT2D eigenvalue weighted by molar-refractivity contribution is 0.0888. The first kappa shape index (κ1) is 16.5. The van der Waals surface area contributed by atoms with Crippen LogP contribution in [0.5, 0.6) is 0 Å². The number of hydrogen-bond donors (Lipinski definition) is 2. The molecule has 0 saturated heterocycles. The van der Waals surface area contributed by atoms with Crippen molar-refractivity contribution in [2.75, 3.05) is 12.3 Å². The highest BCUT2D eigenvalue weighted by molar-refractivity contribution is 7.89. The molecule has 4 nitrogen and oxygen atoms in total. The molecule has 0 radical (unpaired) electrons. The quantitative estimate of drug-likeness (QED) is 0.810. The maximum absolute atomic E-state index is 12.0. The first-order valence-corrected chi connectivity index (χ1v) is 9.41. The number of sulfonamides is 1. The Morgan fingerprint density at radius 3 is 2.48 bits per heavy atom. The van der Waals surface area contributed by atoms with Gasteiger partial charge in [-0.2, -0.15) is 0 Å². The Labute approximate surface area is 127 Å². The molecule has 5 heteroatoms. The average molecular weight is 311 g/mol. The van der Waals surface area contributed by atoms with Gasteiger partial charge in [-0.25, -0.2) is 13.1 Å². The molecule has 0 heterocycles. The van der Waals surface area contributed by atoms with Crippen LogP contribution in [-0.2, 0) is 16.4 Å². The lowest BCUT2D eigenvalue weighted by Crippen LogP contribution is -2.38. The third kappa shape index (κ3) is 5.77. The summed E-state index contributed by atoms with van der Waals surface area (Å²) < 4.78 is 26.5. The molecule has 1 aromatic rings. The Bertz CT molecular complexity index is 510. The molecule has 1 fully saturated rings. The lowest BCUT2D eigenvalue weighted by atomic mass is 9.85. The smallest absolute Gasteiger partial charge is 0.212 e. The van der Waals surface area contributed by atoms with E-state index in [9.17, 15) is 13.5 Å². The van der Waals surface area contributed by atoms with Gasteiger partial charge in [0.25, 0.3) is 0 Å². The van der Waals surface area contributed by atoms with Crippen LogP contribution < -0.4 is 4.72 Å². The van der Waals surface area contributed by atoms with Crippen molar-refractivity contribution in [2.45, 2.75) is 44.6 Å². The van der Waals surface area contributed by atoms with Gasteiger partial charge in [-0.3, -0.25) is 0 Å². The van der Waals surface area contributed by atoms with Crippen LogP contribution in [0.25, 0.3) is 0 Å². The predicted molar refractivity (Wildman–Crippen MR) is 84.5 cm³/mol. The normalized spacial score (nSPS) is 18.5. The molecule has 118 valence electrons. The van der Waals surface area contributed by atoms with Crippen LogP contribution in [0.4, 0.5) is 0 Å². The van der Waals surface area contributed by atoms with Crippen LogP contribution in [0.3, 0.4) is 0 Å². The van der Waals surface area contributed by atoms with E-state index >= 15 is 0 Å². The highest BCUT2D eigenvalue weighted by atomic mass is 32.2. The molecule has 1 unspecified atom stereocenters. The minimum Gasteiger partial charge on any atom is -0.391 e. The van der Waals surface area contributed by atoms with E-state index in [2.05, 4.69) is 4.72 Å². The van der Waals surface area contributed by atoms with E-state index in [0.29, 0.717) is 6.42 Å². The van der Waals surface area contributed by atoms with Crippen molar-refractivity contribution in [2.24, 2.45) is 5.92 Å². The topological polar surface area (TPSA) is 66.4 Å². The fraction of sp³-hybridized carbons (Fsp3) is 0.625. The Balaban J connectivity index is 1.75. The highest BCUT2D eigenvalue weighted by Gasteiger charge is 2.23. The van der Waals surface area contributed by atoms with Gasteiger partial charge in [0.1, 0.15) is 0 Å². The number of hydrogen-bond acceptors (Lipinski definition) is 3. The second-order valence-electron chi connectivity index (χ2n) is 5.87. The summed E-state index contributed by atoms with van der Waals surface area (Å²) in [6, 6.07) is 9.57. The van der Waals surface area contributed by atoms with Crippen LogP contribution >= 0.6 is 0 Å². The van der Waals surface area contributed by atoms with Crippen LogP contribution in [0, 0.1) is 5.92 Å². The molecule has 1 aliphatic rings. The minimum atomic E-state index is -3.32. The number of aryl methyl sites for hydroxylation is 1. The standard InChI is InChI=1S/C16H25NO3S/c18-16(15-9-5-2-6-10-15)13-17-21(19,20)12-11-14-7-3-1-4-8-14/h1,3-4,7-8,15-18H,2,5-6,9-13H2. The Kier molecular flexibility index (Phi) is 6.21. The predicted octanol–water partition coefficient (Wildman–Crippen LogP) is 2.09. The number of rotatable bonds is 7. The molecule has 2 N–H and O–H groups in total. The lowest BCUT2D eigenvalue weighted by Gasteiger charge is -2.26. The van der Waals surface area contributed by atoms with E-state index in [-0.39, 0.29) is 18.2 Å². The highest BCUT2D eigenvalue weighted by Crippen LogP contribution is 2.26. The monoisotopic (exact) mass is 311 g/mol. The van der Waals surface area contributed by atoms with Crippen molar-refractivity contribution in [3.63, 3.8) is 0 Å². The van der Waals surface area contributed by atoms with Gasteiger partial charge in [-0.05, 0) is 30.7 Å². The fourth-order valence-electron chi connectivity index (χ4n) is 2.87. The molecular weight excluding hydrogens is 286 g/mol. The van der Waals surface area contributed by atoms with Gasteiger partial charge in [0.05, 0.1) is 11.9 Å². The maximum atomic E-state index is 12.0. The molecule has 0 amide bonds. The summed E-state index contributed by atoms with van der Waals surface area (Å²) in [5.74, 6) is 0.310. The van der Waals surface area contributed by atoms with Crippen molar-refractivity contribution in [1.82, 2.24) is 4.72 Å². The summed E-state index contributed by atoms with van der Waals surface area (Å²) in [5, 5.41) is 10.1. The van der Waals surface area contributed by atoms with Crippen molar-refractivity contribution in [3.8, 4) is 0 Å². The zero-order valence-corrected chi connectivity index (χ0v) is 13.2.